The molecule has 5 heteroatoms. The summed E-state index contributed by atoms with van der Waals surface area (Å²) in [5.74, 6) is 0.631. The summed E-state index contributed by atoms with van der Waals surface area (Å²) in [5, 5.41) is 0.569. The maximum atomic E-state index is 6.08. The van der Waals surface area contributed by atoms with Crippen LogP contribution in [0.15, 0.2) is 24.4 Å². The zero-order valence-corrected chi connectivity index (χ0v) is 11.0. The van der Waals surface area contributed by atoms with Crippen molar-refractivity contribution in [3.8, 4) is 11.5 Å². The van der Waals surface area contributed by atoms with Gasteiger partial charge in [-0.05, 0) is 24.6 Å². The molecule has 0 radical (unpaired) electrons. The van der Waals surface area contributed by atoms with Crippen molar-refractivity contribution in [2.45, 2.75) is 19.8 Å². The molecule has 0 spiro atoms. The third-order valence-corrected chi connectivity index (χ3v) is 2.81. The highest BCUT2D eigenvalue weighted by molar-refractivity contribution is 7.71. The van der Waals surface area contributed by atoms with E-state index in [1.165, 1.54) is 0 Å². The fourth-order valence-corrected chi connectivity index (χ4v) is 2.03. The smallest absolute Gasteiger partial charge is 0.159 e. The van der Waals surface area contributed by atoms with E-state index in [0.29, 0.717) is 21.2 Å². The molecule has 0 saturated heterocycles. The van der Waals surface area contributed by atoms with Crippen molar-refractivity contribution in [2.75, 3.05) is 0 Å². The van der Waals surface area contributed by atoms with Crippen molar-refractivity contribution in [1.82, 2.24) is 15.0 Å². The Morgan fingerprint density at radius 1 is 1.47 bits per heavy atom. The van der Waals surface area contributed by atoms with Gasteiger partial charge in [0.05, 0.1) is 5.02 Å². The number of aryl methyl sites for hydroxylation is 1. The average molecular weight is 266 g/mol. The van der Waals surface area contributed by atoms with E-state index < -0.39 is 0 Å². The Morgan fingerprint density at radius 3 is 3.00 bits per heavy atom. The van der Waals surface area contributed by atoms with Gasteiger partial charge in [0.2, 0.25) is 0 Å². The fraction of sp³-hybridized carbons (Fsp3) is 0.250. The molecule has 0 atom stereocenters. The molecule has 2 rings (SSSR count). The van der Waals surface area contributed by atoms with Crippen molar-refractivity contribution >= 4 is 23.8 Å². The first-order valence-electron chi connectivity index (χ1n) is 5.42. The highest BCUT2D eigenvalue weighted by Crippen LogP contribution is 2.22. The lowest BCUT2D eigenvalue weighted by Gasteiger charge is -2.05. The van der Waals surface area contributed by atoms with Gasteiger partial charge in [0, 0.05) is 11.9 Å². The molecule has 0 saturated carbocycles. The second-order valence-corrected chi connectivity index (χ2v) is 4.50. The van der Waals surface area contributed by atoms with E-state index in [2.05, 4.69) is 21.9 Å². The van der Waals surface area contributed by atoms with Gasteiger partial charge < -0.3 is 4.98 Å². The van der Waals surface area contributed by atoms with Crippen LogP contribution in [-0.4, -0.2) is 15.0 Å². The predicted octanol–water partition coefficient (Wildman–Crippen LogP) is 3.81. The Hall–Kier alpha value is -1.26. The SMILES string of the molecule is CCCc1cc(=S)nc(-c2ncccc2Cl)[nH]1. The Kier molecular flexibility index (Phi) is 3.86. The number of H-pyrrole nitrogens is 1. The molecule has 0 unspecified atom stereocenters. The summed E-state index contributed by atoms with van der Waals surface area (Å²) in [7, 11) is 0. The zero-order valence-electron chi connectivity index (χ0n) is 9.40. The highest BCUT2D eigenvalue weighted by Gasteiger charge is 2.07. The minimum atomic E-state index is 0.559. The second-order valence-electron chi connectivity index (χ2n) is 3.68. The van der Waals surface area contributed by atoms with Crippen LogP contribution in [0.5, 0.6) is 0 Å². The number of nitrogens with one attached hydrogen (secondary N) is 1. The Bertz CT molecular complexity index is 580. The maximum Gasteiger partial charge on any atom is 0.159 e. The fourth-order valence-electron chi connectivity index (χ4n) is 1.58. The number of pyridine rings is 1. The second kappa shape index (κ2) is 5.38. The van der Waals surface area contributed by atoms with Gasteiger partial charge in [-0.1, -0.05) is 37.2 Å². The summed E-state index contributed by atoms with van der Waals surface area (Å²) >= 11 is 11.2. The van der Waals surface area contributed by atoms with Gasteiger partial charge in [0.25, 0.3) is 0 Å². The molecule has 0 fully saturated rings. The molecule has 2 heterocycles. The number of rotatable bonds is 3. The molecule has 0 aromatic carbocycles. The van der Waals surface area contributed by atoms with Crippen LogP contribution in [0.2, 0.25) is 5.02 Å². The topological polar surface area (TPSA) is 41.6 Å². The number of halogens is 1. The summed E-state index contributed by atoms with van der Waals surface area (Å²) in [4.78, 5) is 11.7. The molecule has 0 aliphatic heterocycles. The van der Waals surface area contributed by atoms with E-state index in [4.69, 9.17) is 23.8 Å². The Labute approximate surface area is 110 Å². The first-order valence-corrected chi connectivity index (χ1v) is 6.20. The van der Waals surface area contributed by atoms with Gasteiger partial charge in [-0.3, -0.25) is 4.98 Å². The quantitative estimate of drug-likeness (QED) is 0.858. The highest BCUT2D eigenvalue weighted by atomic mass is 35.5. The lowest BCUT2D eigenvalue weighted by atomic mass is 10.2. The van der Waals surface area contributed by atoms with Crippen LogP contribution in [0.3, 0.4) is 0 Å². The average Bonchev–Trinajstić information content (AvgIpc) is 2.29. The molecule has 2 aromatic heterocycles. The molecular weight excluding hydrogens is 254 g/mol. The Balaban J connectivity index is 2.52. The van der Waals surface area contributed by atoms with Gasteiger partial charge in [0.1, 0.15) is 10.3 Å². The first kappa shape index (κ1) is 12.2. The lowest BCUT2D eigenvalue weighted by molar-refractivity contribution is 0.872. The molecule has 0 amide bonds. The molecular formula is C12H12ClN3S. The number of aromatic amines is 1. The number of nitrogens with zero attached hydrogens (tertiary/aromatic N) is 2. The van der Waals surface area contributed by atoms with E-state index >= 15 is 0 Å². The predicted molar refractivity (Wildman–Crippen MR) is 71.7 cm³/mol. The molecule has 1 N–H and O–H groups in total. The molecule has 0 aliphatic carbocycles. The summed E-state index contributed by atoms with van der Waals surface area (Å²) in [6.07, 6.45) is 3.67. The number of hydrogen-bond donors (Lipinski definition) is 1. The van der Waals surface area contributed by atoms with Crippen LogP contribution >= 0.6 is 23.8 Å². The monoisotopic (exact) mass is 265 g/mol. The van der Waals surface area contributed by atoms with Crippen molar-refractivity contribution < 1.29 is 0 Å². The normalized spacial score (nSPS) is 10.5. The van der Waals surface area contributed by atoms with Crippen LogP contribution < -0.4 is 0 Å². The van der Waals surface area contributed by atoms with E-state index in [1.54, 1.807) is 18.3 Å². The Morgan fingerprint density at radius 2 is 2.29 bits per heavy atom. The van der Waals surface area contributed by atoms with Gasteiger partial charge in [-0.15, -0.1) is 0 Å². The summed E-state index contributed by atoms with van der Waals surface area (Å²) in [6, 6.07) is 5.45. The van der Waals surface area contributed by atoms with Crippen molar-refractivity contribution in [3.63, 3.8) is 0 Å². The summed E-state index contributed by atoms with van der Waals surface area (Å²) in [5.41, 5.74) is 1.70. The molecule has 2 aromatic rings. The molecule has 17 heavy (non-hydrogen) atoms. The molecule has 88 valence electrons. The summed E-state index contributed by atoms with van der Waals surface area (Å²) < 4.78 is 0.559. The maximum absolute atomic E-state index is 6.08. The van der Waals surface area contributed by atoms with Crippen LogP contribution in [0.1, 0.15) is 19.0 Å². The summed E-state index contributed by atoms with van der Waals surface area (Å²) in [6.45, 7) is 2.12. The number of hydrogen-bond acceptors (Lipinski definition) is 3. The van der Waals surface area contributed by atoms with E-state index in [-0.39, 0.29) is 0 Å². The minimum absolute atomic E-state index is 0.559. The van der Waals surface area contributed by atoms with Crippen molar-refractivity contribution in [1.29, 1.82) is 0 Å². The largest absolute Gasteiger partial charge is 0.342 e. The van der Waals surface area contributed by atoms with Crippen molar-refractivity contribution in [2.24, 2.45) is 0 Å². The van der Waals surface area contributed by atoms with Gasteiger partial charge in [-0.25, -0.2) is 4.98 Å². The van der Waals surface area contributed by atoms with Crippen LogP contribution in [0, 0.1) is 4.64 Å². The zero-order chi connectivity index (χ0) is 12.3. The third-order valence-electron chi connectivity index (χ3n) is 2.30. The third kappa shape index (κ3) is 2.90. The lowest BCUT2D eigenvalue weighted by Crippen LogP contribution is -1.97. The minimum Gasteiger partial charge on any atom is -0.342 e. The van der Waals surface area contributed by atoms with Gasteiger partial charge in [0.15, 0.2) is 5.82 Å². The number of aromatic nitrogens is 3. The standard InChI is InChI=1S/C12H12ClN3S/c1-2-4-8-7-10(17)16-12(15-8)11-9(13)5-3-6-14-11/h3,5-7H,2,4H2,1H3,(H,15,16,17). The molecule has 0 bridgehead atoms. The van der Waals surface area contributed by atoms with Gasteiger partial charge in [-0.2, -0.15) is 0 Å². The molecule has 0 aliphatic rings. The van der Waals surface area contributed by atoms with Crippen LogP contribution in [0.25, 0.3) is 11.5 Å². The van der Waals surface area contributed by atoms with Crippen LogP contribution in [0.4, 0.5) is 0 Å². The van der Waals surface area contributed by atoms with E-state index in [1.807, 2.05) is 6.07 Å². The molecule has 3 nitrogen and oxygen atoms in total. The van der Waals surface area contributed by atoms with Crippen molar-refractivity contribution in [3.05, 3.63) is 39.8 Å². The van der Waals surface area contributed by atoms with Crippen LogP contribution in [-0.2, 0) is 6.42 Å². The van der Waals surface area contributed by atoms with E-state index in [9.17, 15) is 0 Å². The van der Waals surface area contributed by atoms with Gasteiger partial charge >= 0.3 is 0 Å². The van der Waals surface area contributed by atoms with E-state index in [0.717, 1.165) is 18.5 Å². The first-order chi connectivity index (χ1) is 8.20.